The molecule has 11 nitrogen and oxygen atoms in total. The van der Waals surface area contributed by atoms with Gasteiger partial charge in [-0.2, -0.15) is 0 Å². The highest BCUT2D eigenvalue weighted by Gasteiger charge is 1.99. The molecule has 0 rings (SSSR count). The molecule has 0 N–H and O–H groups in total. The molecule has 432 valence electrons. The standard InChI is InChI=1S/9C6H14O.C4H8O2/c9*1-5(2)7-6(3)4;1-3-6-4(2)5/h9*5-6H,1-4H3;3H2,1-2H3. The van der Waals surface area contributed by atoms with Crippen LogP contribution < -0.4 is 0 Å². The topological polar surface area (TPSA) is 109 Å². The predicted molar refractivity (Wildman–Crippen MR) is 305 cm³/mol. The fraction of sp³-hybridized carbons (Fsp3) is 0.983. The van der Waals surface area contributed by atoms with Gasteiger partial charge >= 0.3 is 5.97 Å². The Morgan fingerprint density at radius 1 is 0.217 bits per heavy atom. The monoisotopic (exact) mass is 1010 g/mol. The van der Waals surface area contributed by atoms with Gasteiger partial charge in [0.15, 0.2) is 0 Å². The number of rotatable bonds is 19. The number of ether oxygens (including phenoxy) is 10. The Kier molecular flexibility index (Phi) is 85.7. The maximum Gasteiger partial charge on any atom is 0.302 e. The van der Waals surface area contributed by atoms with Crippen molar-refractivity contribution in [3.63, 3.8) is 0 Å². The van der Waals surface area contributed by atoms with E-state index < -0.39 is 0 Å². The maximum atomic E-state index is 9.82. The lowest BCUT2D eigenvalue weighted by atomic mass is 10.4. The second-order valence-electron chi connectivity index (χ2n) is 21.0. The second kappa shape index (κ2) is 65.1. The molecule has 0 heterocycles. The van der Waals surface area contributed by atoms with Gasteiger partial charge in [0.1, 0.15) is 0 Å². The van der Waals surface area contributed by atoms with Crippen molar-refractivity contribution in [2.45, 2.75) is 373 Å². The number of hydrogen-bond donors (Lipinski definition) is 0. The van der Waals surface area contributed by atoms with Crippen LogP contribution in [-0.2, 0) is 52.2 Å². The lowest BCUT2D eigenvalue weighted by molar-refractivity contribution is -0.140. The molecule has 0 bridgehead atoms. The Labute approximate surface area is 436 Å². The first kappa shape index (κ1) is 90.8. The molecule has 0 unspecified atom stereocenters. The fourth-order valence-corrected chi connectivity index (χ4v) is 5.10. The quantitative estimate of drug-likeness (QED) is 0.115. The Morgan fingerprint density at radius 2 is 0.290 bits per heavy atom. The molecule has 0 radical (unpaired) electrons. The van der Waals surface area contributed by atoms with E-state index >= 15 is 0 Å². The lowest BCUT2D eigenvalue weighted by Crippen LogP contribution is -2.09. The molecule has 11 heteroatoms. The van der Waals surface area contributed by atoms with Crippen LogP contribution in [0.25, 0.3) is 0 Å². The van der Waals surface area contributed by atoms with E-state index in [0.717, 1.165) is 0 Å². The van der Waals surface area contributed by atoms with Crippen molar-refractivity contribution in [1.82, 2.24) is 0 Å². The van der Waals surface area contributed by atoms with E-state index in [9.17, 15) is 4.79 Å². The number of hydrogen-bond acceptors (Lipinski definition) is 11. The van der Waals surface area contributed by atoms with E-state index in [1.807, 2.05) is 249 Å². The fourth-order valence-electron chi connectivity index (χ4n) is 5.10. The Morgan fingerprint density at radius 3 is 0.290 bits per heavy atom. The van der Waals surface area contributed by atoms with Gasteiger partial charge in [-0.25, -0.2) is 0 Å². The van der Waals surface area contributed by atoms with Crippen molar-refractivity contribution in [1.29, 1.82) is 0 Å². The Hall–Kier alpha value is -0.890. The normalized spacial score (nSPS) is 10.8. The molecule has 0 aromatic carbocycles. The zero-order chi connectivity index (χ0) is 57.7. The second-order valence-corrected chi connectivity index (χ2v) is 21.0. The summed E-state index contributed by atoms with van der Waals surface area (Å²) in [5.41, 5.74) is 0. The predicted octanol–water partition coefficient (Wildman–Crippen LogP) is 16.9. The average Bonchev–Trinajstić information content (AvgIpc) is 3.01. The molecule has 0 aromatic heterocycles. The summed E-state index contributed by atoms with van der Waals surface area (Å²) in [6.45, 7) is 77.2. The third-order valence-corrected chi connectivity index (χ3v) is 5.25. The highest BCUT2D eigenvalue weighted by molar-refractivity contribution is 5.65. The van der Waals surface area contributed by atoms with Crippen molar-refractivity contribution in [3.05, 3.63) is 0 Å². The van der Waals surface area contributed by atoms with E-state index in [4.69, 9.17) is 42.6 Å². The molecule has 0 saturated carbocycles. The molecule has 0 fully saturated rings. The third-order valence-electron chi connectivity index (χ3n) is 5.25. The van der Waals surface area contributed by atoms with Gasteiger partial charge in [-0.1, -0.05) is 0 Å². The highest BCUT2D eigenvalue weighted by Crippen LogP contribution is 1.98. The van der Waals surface area contributed by atoms with E-state index in [-0.39, 0.29) is 5.97 Å². The first-order valence-corrected chi connectivity index (χ1v) is 26.9. The molecule has 0 atom stereocenters. The van der Waals surface area contributed by atoms with E-state index in [1.165, 1.54) is 6.92 Å². The summed E-state index contributed by atoms with van der Waals surface area (Å²) in [6, 6.07) is 0. The molecule has 0 amide bonds. The van der Waals surface area contributed by atoms with Crippen LogP contribution in [0, 0.1) is 0 Å². The largest absolute Gasteiger partial charge is 0.466 e. The minimum atomic E-state index is -0.211. The van der Waals surface area contributed by atoms with Crippen LogP contribution in [0.1, 0.15) is 263 Å². The highest BCUT2D eigenvalue weighted by atomic mass is 16.5. The third kappa shape index (κ3) is 196. The lowest BCUT2D eigenvalue weighted by Gasteiger charge is -2.09. The summed E-state index contributed by atoms with van der Waals surface area (Å²) in [7, 11) is 0. The molecular weight excluding hydrogens is 873 g/mol. The van der Waals surface area contributed by atoms with Gasteiger partial charge in [-0.3, -0.25) is 4.79 Å². The van der Waals surface area contributed by atoms with E-state index in [2.05, 4.69) is 4.74 Å². The maximum absolute atomic E-state index is 9.82. The summed E-state index contributed by atoms with van der Waals surface area (Å²) in [4.78, 5) is 9.82. The van der Waals surface area contributed by atoms with Gasteiger partial charge < -0.3 is 47.4 Å². The van der Waals surface area contributed by atoms with Crippen LogP contribution in [0.3, 0.4) is 0 Å². The smallest absolute Gasteiger partial charge is 0.302 e. The first-order chi connectivity index (χ1) is 30.9. The van der Waals surface area contributed by atoms with Gasteiger partial charge in [-0.05, 0) is 256 Å². The minimum absolute atomic E-state index is 0.211. The number of esters is 1. The van der Waals surface area contributed by atoms with E-state index in [0.29, 0.717) is 116 Å². The molecule has 0 spiro atoms. The van der Waals surface area contributed by atoms with Crippen molar-refractivity contribution < 1.29 is 52.2 Å². The summed E-state index contributed by atoms with van der Waals surface area (Å²) < 4.78 is 51.7. The van der Waals surface area contributed by atoms with Gasteiger partial charge in [0.2, 0.25) is 0 Å². The number of carbonyl (C=O) groups is 1. The summed E-state index contributed by atoms with van der Waals surface area (Å²) in [5.74, 6) is -0.211. The molecule has 0 saturated heterocycles. The van der Waals surface area contributed by atoms with Crippen LogP contribution in [-0.4, -0.2) is 122 Å². The SMILES string of the molecule is CC(C)OC(C)C.CC(C)OC(C)C.CC(C)OC(C)C.CC(C)OC(C)C.CC(C)OC(C)C.CC(C)OC(C)C.CC(C)OC(C)C.CC(C)OC(C)C.CC(C)OC(C)C.CCOC(C)=O. The molecule has 0 aromatic rings. The van der Waals surface area contributed by atoms with Crippen LogP contribution >= 0.6 is 0 Å². The molecule has 0 aliphatic rings. The zero-order valence-electron chi connectivity index (χ0n) is 54.1. The summed E-state index contributed by atoms with van der Waals surface area (Å²) in [5, 5.41) is 0. The van der Waals surface area contributed by atoms with Crippen molar-refractivity contribution >= 4 is 5.97 Å². The van der Waals surface area contributed by atoms with Crippen LogP contribution in [0.5, 0.6) is 0 Å². The first-order valence-electron chi connectivity index (χ1n) is 26.9. The molecule has 0 aliphatic heterocycles. The van der Waals surface area contributed by atoms with Gasteiger partial charge in [-0.15, -0.1) is 0 Å². The van der Waals surface area contributed by atoms with Gasteiger partial charge in [0.05, 0.1) is 116 Å². The van der Waals surface area contributed by atoms with Crippen LogP contribution in [0.4, 0.5) is 0 Å². The summed E-state index contributed by atoms with van der Waals surface area (Å²) in [6.07, 6.45) is 6.75. The summed E-state index contributed by atoms with van der Waals surface area (Å²) >= 11 is 0. The number of carbonyl (C=O) groups excluding carboxylic acids is 1. The van der Waals surface area contributed by atoms with Crippen molar-refractivity contribution in [3.8, 4) is 0 Å². The average molecular weight is 1010 g/mol. The Bertz CT molecular complexity index is 623. The van der Waals surface area contributed by atoms with Crippen molar-refractivity contribution in [2.75, 3.05) is 6.61 Å². The van der Waals surface area contributed by atoms with Crippen molar-refractivity contribution in [2.24, 2.45) is 0 Å². The van der Waals surface area contributed by atoms with Gasteiger partial charge in [0, 0.05) is 6.92 Å². The molecule has 0 aliphatic carbocycles. The van der Waals surface area contributed by atoms with E-state index in [1.54, 1.807) is 6.92 Å². The zero-order valence-corrected chi connectivity index (χ0v) is 54.1. The molecular formula is C58H134O11. The van der Waals surface area contributed by atoms with Crippen LogP contribution in [0.2, 0.25) is 0 Å². The minimum Gasteiger partial charge on any atom is -0.466 e. The Balaban J connectivity index is -0.0000000701. The van der Waals surface area contributed by atoms with Crippen LogP contribution in [0.15, 0.2) is 0 Å². The molecule has 69 heavy (non-hydrogen) atoms. The van der Waals surface area contributed by atoms with Gasteiger partial charge in [0.25, 0.3) is 0 Å².